The third kappa shape index (κ3) is 9.54. The second-order valence-electron chi connectivity index (χ2n) is 18.7. The number of halogens is 2. The smallest absolute Gasteiger partial charge is 0.334 e. The number of pyridine rings is 1. The van der Waals surface area contributed by atoms with E-state index < -0.39 is 89.2 Å². The molecule has 1 atom stereocenters. The van der Waals surface area contributed by atoms with Crippen molar-refractivity contribution in [2.24, 2.45) is 23.3 Å². The lowest BCUT2D eigenvalue weighted by atomic mass is 9.96. The minimum absolute atomic E-state index is 0.0164. The maximum Gasteiger partial charge on any atom is 0.334 e. The Labute approximate surface area is 374 Å². The minimum atomic E-state index is -2.40. The van der Waals surface area contributed by atoms with Gasteiger partial charge in [0.2, 0.25) is 5.54 Å². The molecule has 0 saturated carbocycles. The average Bonchev–Trinajstić information content (AvgIpc) is 3.85. The number of nitrogens with zero attached hydrogens (tertiary/aromatic N) is 6. The van der Waals surface area contributed by atoms with Crippen LogP contribution in [0.5, 0.6) is 11.5 Å². The molecule has 2 aromatic heterocycles. The van der Waals surface area contributed by atoms with Gasteiger partial charge in [0.05, 0.1) is 47.4 Å². The van der Waals surface area contributed by atoms with Crippen molar-refractivity contribution >= 4 is 35.8 Å². The predicted molar refractivity (Wildman–Crippen MR) is 229 cm³/mol. The van der Waals surface area contributed by atoms with Crippen LogP contribution in [-0.4, -0.2) is 97.9 Å². The first-order valence-corrected chi connectivity index (χ1v) is 20.4. The second-order valence-corrected chi connectivity index (χ2v) is 18.7. The predicted octanol–water partition coefficient (Wildman–Crippen LogP) is 6.49. The molecular weight excluding hydrogens is 847 g/mol. The molecule has 2 aromatic carbocycles. The lowest BCUT2D eigenvalue weighted by molar-refractivity contribution is -0.160. The normalized spacial score (nSPS) is 16.3. The van der Waals surface area contributed by atoms with Crippen LogP contribution in [0.2, 0.25) is 0 Å². The minimum Gasteiger partial charge on any atom is -0.494 e. The standard InChI is InChI=1S/C47H50F2N6O10/c1-44(2,3)40(58)63-25-54-39(57)47(55(43(54)61)26-64-41(59)45(4,5)6,24-53-23-28-13-16-33(62-11)36(49)35(28)38(53)56)19-18-27-12-14-30(31(48)20-27)37-34(65-42(60)46(7,8)9)17-15-32(51-37)29-21-50-52(10)22-29/h12-17,20-22H,23-26H2,1-11H3/t47-/m1/s1. The van der Waals surface area contributed by atoms with Gasteiger partial charge in [-0.1, -0.05) is 17.9 Å². The summed E-state index contributed by atoms with van der Waals surface area (Å²) in [5.41, 5.74) is -4.61. The fourth-order valence-electron chi connectivity index (χ4n) is 6.61. The number of aryl methyl sites for hydroxylation is 1. The molecule has 0 radical (unpaired) electrons. The van der Waals surface area contributed by atoms with Gasteiger partial charge in [0.1, 0.15) is 11.5 Å². The van der Waals surface area contributed by atoms with Crippen molar-refractivity contribution < 1.29 is 56.5 Å². The third-order valence-corrected chi connectivity index (χ3v) is 10.4. The van der Waals surface area contributed by atoms with Gasteiger partial charge in [-0.15, -0.1) is 0 Å². The highest BCUT2D eigenvalue weighted by molar-refractivity contribution is 6.10. The van der Waals surface area contributed by atoms with Crippen molar-refractivity contribution in [1.82, 2.24) is 29.5 Å². The molecule has 342 valence electrons. The van der Waals surface area contributed by atoms with Crippen LogP contribution >= 0.6 is 0 Å². The number of methoxy groups -OCH3 is 1. The number of hydrogen-bond acceptors (Lipinski definition) is 12. The maximum absolute atomic E-state index is 16.5. The zero-order valence-corrected chi connectivity index (χ0v) is 38.0. The molecule has 1 saturated heterocycles. The number of urea groups is 1. The van der Waals surface area contributed by atoms with Crippen LogP contribution in [0.1, 0.15) is 83.8 Å². The topological polar surface area (TPSA) is 180 Å². The first kappa shape index (κ1) is 47.3. The molecule has 6 rings (SSSR count). The summed E-state index contributed by atoms with van der Waals surface area (Å²) in [6.07, 6.45) is 3.27. The molecule has 0 spiro atoms. The number of carbonyl (C=O) groups is 6. The van der Waals surface area contributed by atoms with Gasteiger partial charge in [-0.25, -0.2) is 23.5 Å². The van der Waals surface area contributed by atoms with Crippen LogP contribution in [-0.2, 0) is 42.2 Å². The Kier molecular flexibility index (Phi) is 12.7. The van der Waals surface area contributed by atoms with Gasteiger partial charge in [0, 0.05) is 36.5 Å². The third-order valence-electron chi connectivity index (χ3n) is 10.4. The summed E-state index contributed by atoms with van der Waals surface area (Å²) in [6.45, 7) is 11.7. The van der Waals surface area contributed by atoms with E-state index in [2.05, 4.69) is 21.9 Å². The van der Waals surface area contributed by atoms with Crippen LogP contribution < -0.4 is 9.47 Å². The monoisotopic (exact) mass is 896 g/mol. The summed E-state index contributed by atoms with van der Waals surface area (Å²) < 4.78 is 55.4. The van der Waals surface area contributed by atoms with E-state index in [-0.39, 0.29) is 46.0 Å². The van der Waals surface area contributed by atoms with Crippen LogP contribution in [0.4, 0.5) is 13.6 Å². The molecule has 1 fully saturated rings. The number of benzene rings is 2. The number of fused-ring (bicyclic) bond motifs is 1. The van der Waals surface area contributed by atoms with Gasteiger partial charge in [0.25, 0.3) is 11.8 Å². The van der Waals surface area contributed by atoms with Crippen molar-refractivity contribution in [1.29, 1.82) is 0 Å². The molecule has 16 nitrogen and oxygen atoms in total. The molecule has 0 unspecified atom stereocenters. The number of rotatable bonds is 10. The summed E-state index contributed by atoms with van der Waals surface area (Å²) >= 11 is 0. The second kappa shape index (κ2) is 17.4. The summed E-state index contributed by atoms with van der Waals surface area (Å²) in [7, 11) is 2.96. The maximum atomic E-state index is 16.5. The van der Waals surface area contributed by atoms with Crippen LogP contribution in [0.3, 0.4) is 0 Å². The largest absolute Gasteiger partial charge is 0.494 e. The fraction of sp³-hybridized carbons (Fsp3) is 0.404. The Morgan fingerprint density at radius 2 is 1.46 bits per heavy atom. The van der Waals surface area contributed by atoms with Crippen LogP contribution in [0.25, 0.3) is 22.5 Å². The van der Waals surface area contributed by atoms with Gasteiger partial charge in [0.15, 0.2) is 30.8 Å². The van der Waals surface area contributed by atoms with E-state index in [1.54, 1.807) is 92.5 Å². The number of aromatic nitrogens is 3. The molecule has 0 bridgehead atoms. The Balaban J connectivity index is 1.48. The van der Waals surface area contributed by atoms with E-state index in [1.807, 2.05) is 0 Å². The average molecular weight is 897 g/mol. The SMILES string of the molecule is COc1ccc2c(c1F)C(=O)N(C[C@]1(C#Cc3ccc(-c4nc(-c5cnn(C)c5)ccc4OC(=O)C(C)(C)C)c(F)c3)C(=O)N(COC(=O)C(C)(C)C)C(=O)N1COC(=O)C(C)(C)C)C2. The molecule has 4 amide bonds. The highest BCUT2D eigenvalue weighted by Crippen LogP contribution is 2.38. The number of ether oxygens (including phenoxy) is 4. The van der Waals surface area contributed by atoms with Gasteiger partial charge < -0.3 is 23.8 Å². The number of esters is 3. The van der Waals surface area contributed by atoms with E-state index in [9.17, 15) is 28.8 Å². The molecule has 4 aromatic rings. The lowest BCUT2D eigenvalue weighted by Crippen LogP contribution is -2.57. The molecule has 65 heavy (non-hydrogen) atoms. The molecule has 18 heteroatoms. The van der Waals surface area contributed by atoms with E-state index in [1.165, 1.54) is 37.4 Å². The van der Waals surface area contributed by atoms with Crippen molar-refractivity contribution in [3.8, 4) is 45.9 Å². The number of hydrogen-bond donors (Lipinski definition) is 0. The number of amides is 4. The van der Waals surface area contributed by atoms with Gasteiger partial charge in [-0.2, -0.15) is 5.10 Å². The Hall–Kier alpha value is -7.16. The van der Waals surface area contributed by atoms with Crippen molar-refractivity contribution in [2.75, 3.05) is 27.1 Å². The van der Waals surface area contributed by atoms with Crippen LogP contribution in [0.15, 0.2) is 54.9 Å². The van der Waals surface area contributed by atoms with Crippen molar-refractivity contribution in [3.05, 3.63) is 83.2 Å². The lowest BCUT2D eigenvalue weighted by Gasteiger charge is -2.34. The molecule has 2 aliphatic heterocycles. The summed E-state index contributed by atoms with van der Waals surface area (Å²) in [5, 5.41) is 4.18. The highest BCUT2D eigenvalue weighted by atomic mass is 19.1. The molecule has 2 aliphatic rings. The summed E-state index contributed by atoms with van der Waals surface area (Å²) in [5.74, 6) is -0.521. The van der Waals surface area contributed by atoms with Gasteiger partial charge in [-0.05, 0) is 104 Å². The Morgan fingerprint density at radius 3 is 2.05 bits per heavy atom. The zero-order valence-electron chi connectivity index (χ0n) is 38.0. The molecule has 0 N–H and O–H groups in total. The molecular formula is C47H50F2N6O10. The first-order valence-electron chi connectivity index (χ1n) is 20.4. The Bertz CT molecular complexity index is 2680. The van der Waals surface area contributed by atoms with Gasteiger partial charge in [-0.3, -0.25) is 33.6 Å². The van der Waals surface area contributed by atoms with E-state index in [4.69, 9.17) is 18.9 Å². The van der Waals surface area contributed by atoms with Crippen LogP contribution in [0, 0.1) is 39.7 Å². The molecule has 4 heterocycles. The van der Waals surface area contributed by atoms with Crippen molar-refractivity contribution in [2.45, 2.75) is 74.4 Å². The van der Waals surface area contributed by atoms with E-state index >= 15 is 8.78 Å². The highest BCUT2D eigenvalue weighted by Gasteiger charge is 2.59. The first-order chi connectivity index (χ1) is 30.3. The molecule has 0 aliphatic carbocycles. The van der Waals surface area contributed by atoms with E-state index in [0.717, 1.165) is 15.9 Å². The van der Waals surface area contributed by atoms with Gasteiger partial charge >= 0.3 is 23.9 Å². The van der Waals surface area contributed by atoms with Crippen molar-refractivity contribution in [3.63, 3.8) is 0 Å². The zero-order chi connectivity index (χ0) is 48.0. The van der Waals surface area contributed by atoms with E-state index in [0.29, 0.717) is 16.2 Å². The Morgan fingerprint density at radius 1 is 0.831 bits per heavy atom. The number of carbonyl (C=O) groups excluding carboxylic acids is 6. The number of imide groups is 1. The fourth-order valence-corrected chi connectivity index (χ4v) is 6.61. The summed E-state index contributed by atoms with van der Waals surface area (Å²) in [6, 6.07) is 8.62. The quantitative estimate of drug-likeness (QED) is 0.0961. The summed E-state index contributed by atoms with van der Waals surface area (Å²) in [4.78, 5) is 89.3.